The molecule has 2 aromatic rings. The SMILES string of the molecule is O=C(Cn1cccn1)N1CCCN(Cc2ccccc2)CCOCC1. The van der Waals surface area contributed by atoms with Gasteiger partial charge in [-0.2, -0.15) is 5.10 Å². The number of amides is 1. The van der Waals surface area contributed by atoms with Crippen molar-refractivity contribution in [2.24, 2.45) is 0 Å². The second kappa shape index (κ2) is 9.34. The Kier molecular flexibility index (Phi) is 6.59. The van der Waals surface area contributed by atoms with E-state index in [2.05, 4.69) is 34.3 Å². The zero-order chi connectivity index (χ0) is 17.3. The Labute approximate surface area is 149 Å². The van der Waals surface area contributed by atoms with Crippen LogP contribution in [0.2, 0.25) is 0 Å². The zero-order valence-electron chi connectivity index (χ0n) is 14.6. The van der Waals surface area contributed by atoms with E-state index in [-0.39, 0.29) is 5.91 Å². The van der Waals surface area contributed by atoms with E-state index >= 15 is 0 Å². The van der Waals surface area contributed by atoms with E-state index in [4.69, 9.17) is 4.74 Å². The number of rotatable bonds is 4. The molecule has 0 radical (unpaired) electrons. The Morgan fingerprint density at radius 1 is 1.04 bits per heavy atom. The molecular formula is C19H26N4O2. The predicted molar refractivity (Wildman–Crippen MR) is 96.0 cm³/mol. The van der Waals surface area contributed by atoms with Crippen molar-refractivity contribution >= 4 is 5.91 Å². The number of benzene rings is 1. The minimum Gasteiger partial charge on any atom is -0.378 e. The van der Waals surface area contributed by atoms with E-state index in [0.717, 1.165) is 32.6 Å². The van der Waals surface area contributed by atoms with Gasteiger partial charge in [0.1, 0.15) is 6.54 Å². The fraction of sp³-hybridized carbons (Fsp3) is 0.474. The minimum absolute atomic E-state index is 0.0995. The summed E-state index contributed by atoms with van der Waals surface area (Å²) in [6.07, 6.45) is 4.48. The first kappa shape index (κ1) is 17.6. The van der Waals surface area contributed by atoms with Gasteiger partial charge in [0.05, 0.1) is 13.2 Å². The highest BCUT2D eigenvalue weighted by molar-refractivity contribution is 5.75. The number of hydrogen-bond donors (Lipinski definition) is 0. The lowest BCUT2D eigenvalue weighted by atomic mass is 10.2. The Morgan fingerprint density at radius 3 is 2.68 bits per heavy atom. The topological polar surface area (TPSA) is 50.6 Å². The van der Waals surface area contributed by atoms with E-state index < -0.39 is 0 Å². The van der Waals surface area contributed by atoms with Gasteiger partial charge in [0, 0.05) is 45.1 Å². The number of carbonyl (C=O) groups is 1. The average molecular weight is 342 g/mol. The number of carbonyl (C=O) groups excluding carboxylic acids is 1. The lowest BCUT2D eigenvalue weighted by Gasteiger charge is -2.28. The summed E-state index contributed by atoms with van der Waals surface area (Å²) in [5, 5.41) is 4.12. The maximum atomic E-state index is 12.5. The number of nitrogens with zero attached hydrogens (tertiary/aromatic N) is 4. The van der Waals surface area contributed by atoms with Gasteiger partial charge < -0.3 is 9.64 Å². The monoisotopic (exact) mass is 342 g/mol. The quantitative estimate of drug-likeness (QED) is 0.847. The van der Waals surface area contributed by atoms with Gasteiger partial charge in [0.15, 0.2) is 0 Å². The third-order valence-electron chi connectivity index (χ3n) is 4.42. The summed E-state index contributed by atoms with van der Waals surface area (Å²) in [6.45, 7) is 5.80. The highest BCUT2D eigenvalue weighted by Crippen LogP contribution is 2.07. The summed E-state index contributed by atoms with van der Waals surface area (Å²) in [5.41, 5.74) is 1.31. The predicted octanol–water partition coefficient (Wildman–Crippen LogP) is 1.63. The molecule has 6 heteroatoms. The molecule has 0 unspecified atom stereocenters. The van der Waals surface area contributed by atoms with Crippen LogP contribution in [0.25, 0.3) is 0 Å². The van der Waals surface area contributed by atoms with Crippen LogP contribution in [0.4, 0.5) is 0 Å². The normalized spacial score (nSPS) is 17.4. The van der Waals surface area contributed by atoms with Crippen molar-refractivity contribution in [2.75, 3.05) is 39.4 Å². The second-order valence-electron chi connectivity index (χ2n) is 6.31. The van der Waals surface area contributed by atoms with Crippen molar-refractivity contribution in [3.05, 3.63) is 54.4 Å². The Bertz CT molecular complexity index is 630. The molecule has 1 amide bonds. The lowest BCUT2D eigenvalue weighted by molar-refractivity contribution is -0.133. The van der Waals surface area contributed by atoms with E-state index in [1.807, 2.05) is 23.2 Å². The summed E-state index contributed by atoms with van der Waals surface area (Å²) in [7, 11) is 0. The fourth-order valence-electron chi connectivity index (χ4n) is 3.06. The average Bonchev–Trinajstić information content (AvgIpc) is 3.14. The molecule has 134 valence electrons. The molecule has 0 saturated carbocycles. The molecular weight excluding hydrogens is 316 g/mol. The highest BCUT2D eigenvalue weighted by Gasteiger charge is 2.16. The van der Waals surface area contributed by atoms with Gasteiger partial charge >= 0.3 is 0 Å². The van der Waals surface area contributed by atoms with Crippen LogP contribution in [0.3, 0.4) is 0 Å². The van der Waals surface area contributed by atoms with Crippen molar-refractivity contribution in [2.45, 2.75) is 19.5 Å². The first-order chi connectivity index (χ1) is 12.3. The molecule has 6 nitrogen and oxygen atoms in total. The highest BCUT2D eigenvalue weighted by atomic mass is 16.5. The summed E-state index contributed by atoms with van der Waals surface area (Å²) >= 11 is 0. The lowest BCUT2D eigenvalue weighted by Crippen LogP contribution is -2.40. The van der Waals surface area contributed by atoms with E-state index in [1.54, 1.807) is 10.9 Å². The van der Waals surface area contributed by atoms with E-state index in [0.29, 0.717) is 26.3 Å². The van der Waals surface area contributed by atoms with Gasteiger partial charge in [-0.1, -0.05) is 30.3 Å². The Morgan fingerprint density at radius 2 is 1.88 bits per heavy atom. The largest absolute Gasteiger partial charge is 0.378 e. The van der Waals surface area contributed by atoms with Crippen molar-refractivity contribution in [3.63, 3.8) is 0 Å². The van der Waals surface area contributed by atoms with Crippen molar-refractivity contribution in [1.29, 1.82) is 0 Å². The summed E-state index contributed by atoms with van der Waals surface area (Å²) < 4.78 is 7.41. The molecule has 1 aromatic carbocycles. The van der Waals surface area contributed by atoms with Gasteiger partial charge in [-0.15, -0.1) is 0 Å². The molecule has 0 N–H and O–H groups in total. The van der Waals surface area contributed by atoms with Crippen LogP contribution in [0, 0.1) is 0 Å². The first-order valence-corrected chi connectivity index (χ1v) is 8.90. The molecule has 1 aliphatic heterocycles. The van der Waals surface area contributed by atoms with Gasteiger partial charge in [-0.25, -0.2) is 0 Å². The number of aromatic nitrogens is 2. The summed E-state index contributed by atoms with van der Waals surface area (Å²) in [5.74, 6) is 0.0995. The van der Waals surface area contributed by atoms with Crippen LogP contribution >= 0.6 is 0 Å². The van der Waals surface area contributed by atoms with Crippen molar-refractivity contribution < 1.29 is 9.53 Å². The van der Waals surface area contributed by atoms with Crippen LogP contribution in [-0.2, 0) is 22.6 Å². The maximum Gasteiger partial charge on any atom is 0.244 e. The van der Waals surface area contributed by atoms with Crippen LogP contribution in [0.1, 0.15) is 12.0 Å². The van der Waals surface area contributed by atoms with Gasteiger partial charge in [-0.05, 0) is 18.1 Å². The van der Waals surface area contributed by atoms with E-state index in [9.17, 15) is 4.79 Å². The van der Waals surface area contributed by atoms with Crippen LogP contribution in [-0.4, -0.2) is 64.9 Å². The molecule has 0 spiro atoms. The molecule has 0 aliphatic carbocycles. The Balaban J connectivity index is 1.53. The fourth-order valence-corrected chi connectivity index (χ4v) is 3.06. The van der Waals surface area contributed by atoms with E-state index in [1.165, 1.54) is 5.56 Å². The standard InChI is InChI=1S/C19H26N4O2/c24-19(17-23-11-4-8-20-23)22-10-5-9-21(12-14-25-15-13-22)16-18-6-2-1-3-7-18/h1-4,6-8,11H,5,9-10,12-17H2. The van der Waals surface area contributed by atoms with Gasteiger partial charge in [0.2, 0.25) is 5.91 Å². The van der Waals surface area contributed by atoms with Crippen LogP contribution in [0.5, 0.6) is 0 Å². The smallest absolute Gasteiger partial charge is 0.244 e. The number of hydrogen-bond acceptors (Lipinski definition) is 4. The Hall–Kier alpha value is -2.18. The molecule has 0 bridgehead atoms. The molecule has 1 aliphatic rings. The van der Waals surface area contributed by atoms with Gasteiger partial charge in [0.25, 0.3) is 0 Å². The minimum atomic E-state index is 0.0995. The number of ether oxygens (including phenoxy) is 1. The summed E-state index contributed by atoms with van der Waals surface area (Å²) in [6, 6.07) is 12.3. The maximum absolute atomic E-state index is 12.5. The summed E-state index contributed by atoms with van der Waals surface area (Å²) in [4.78, 5) is 16.8. The molecule has 1 saturated heterocycles. The molecule has 25 heavy (non-hydrogen) atoms. The molecule has 1 aromatic heterocycles. The third-order valence-corrected chi connectivity index (χ3v) is 4.42. The molecule has 3 rings (SSSR count). The second-order valence-corrected chi connectivity index (χ2v) is 6.31. The van der Waals surface area contributed by atoms with Crippen molar-refractivity contribution in [3.8, 4) is 0 Å². The van der Waals surface area contributed by atoms with Crippen molar-refractivity contribution in [1.82, 2.24) is 19.6 Å². The first-order valence-electron chi connectivity index (χ1n) is 8.90. The zero-order valence-corrected chi connectivity index (χ0v) is 14.6. The van der Waals surface area contributed by atoms with Gasteiger partial charge in [-0.3, -0.25) is 14.4 Å². The molecule has 2 heterocycles. The van der Waals surface area contributed by atoms with Crippen LogP contribution < -0.4 is 0 Å². The molecule has 0 atom stereocenters. The molecule has 1 fully saturated rings. The third kappa shape index (κ3) is 5.69. The van der Waals surface area contributed by atoms with Crippen LogP contribution in [0.15, 0.2) is 48.8 Å².